The monoisotopic (exact) mass is 259 g/mol. The highest BCUT2D eigenvalue weighted by Gasteiger charge is 2.18. The zero-order valence-corrected chi connectivity index (χ0v) is 10.2. The van der Waals surface area contributed by atoms with Gasteiger partial charge in [-0.15, -0.1) is 0 Å². The number of hydrogen-bond acceptors (Lipinski definition) is 3. The molecule has 0 heterocycles. The van der Waals surface area contributed by atoms with Crippen LogP contribution in [0.15, 0.2) is 12.1 Å². The number of aryl methyl sites for hydroxylation is 1. The molecule has 1 amide bonds. The molecule has 0 aromatic heterocycles. The van der Waals surface area contributed by atoms with Crippen molar-refractivity contribution < 1.29 is 23.5 Å². The average molecular weight is 259 g/mol. The summed E-state index contributed by atoms with van der Waals surface area (Å²) in [5, 5.41) is 8.89. The van der Waals surface area contributed by atoms with Crippen molar-refractivity contribution in [3.63, 3.8) is 0 Å². The summed E-state index contributed by atoms with van der Waals surface area (Å²) in [7, 11) is 0. The van der Waals surface area contributed by atoms with Gasteiger partial charge in [-0.25, -0.2) is 14.3 Å². The molecule has 0 saturated heterocycles. The summed E-state index contributed by atoms with van der Waals surface area (Å²) < 4.78 is 27.1. The summed E-state index contributed by atoms with van der Waals surface area (Å²) in [6.07, 6.45) is -0.323. The molecule has 18 heavy (non-hydrogen) atoms. The van der Waals surface area contributed by atoms with Crippen molar-refractivity contribution in [2.24, 2.45) is 0 Å². The summed E-state index contributed by atoms with van der Waals surface area (Å²) in [4.78, 5) is 16.1. The van der Waals surface area contributed by atoms with Crippen molar-refractivity contribution >= 4 is 5.91 Å². The van der Waals surface area contributed by atoms with Crippen LogP contribution in [0, 0.1) is 11.6 Å². The predicted octanol–water partition coefficient (Wildman–Crippen LogP) is 1.57. The number of amides is 1. The maximum atomic E-state index is 13.5. The minimum Gasteiger partial charge on any atom is -0.391 e. The molecule has 1 aromatic rings. The van der Waals surface area contributed by atoms with Crippen LogP contribution in [0.3, 0.4) is 0 Å². The van der Waals surface area contributed by atoms with E-state index in [1.807, 2.05) is 5.48 Å². The highest BCUT2D eigenvalue weighted by Crippen LogP contribution is 2.15. The molecule has 0 spiro atoms. The van der Waals surface area contributed by atoms with Crippen LogP contribution < -0.4 is 5.48 Å². The molecule has 0 aliphatic heterocycles. The van der Waals surface area contributed by atoms with Gasteiger partial charge in [-0.2, -0.15) is 0 Å². The van der Waals surface area contributed by atoms with Gasteiger partial charge in [0.25, 0.3) is 5.91 Å². The van der Waals surface area contributed by atoms with Crippen LogP contribution >= 0.6 is 0 Å². The lowest BCUT2D eigenvalue weighted by molar-refractivity contribution is -0.00725. The normalized spacial score (nSPS) is 12.3. The minimum absolute atomic E-state index is 0.165. The summed E-state index contributed by atoms with van der Waals surface area (Å²) in [5.41, 5.74) is 1.64. The minimum atomic E-state index is -1.02. The Hall–Kier alpha value is -1.53. The molecule has 0 aliphatic rings. The number of nitrogens with one attached hydrogen (secondary N) is 1. The smallest absolute Gasteiger partial charge is 0.280 e. The first-order chi connectivity index (χ1) is 8.45. The highest BCUT2D eigenvalue weighted by molar-refractivity contribution is 5.94. The number of carbonyl (C=O) groups excluding carboxylic acids is 1. The second-order valence-corrected chi connectivity index (χ2v) is 3.88. The van der Waals surface area contributed by atoms with Crippen molar-refractivity contribution in [1.82, 2.24) is 5.48 Å². The van der Waals surface area contributed by atoms with Crippen LogP contribution in [0.4, 0.5) is 8.78 Å². The Kier molecular flexibility index (Phi) is 5.18. The molecule has 1 aromatic carbocycles. The number of hydrogen-bond donors (Lipinski definition) is 2. The number of aliphatic hydroxyl groups excluding tert-OH is 1. The SMILES string of the molecule is CCc1cc(F)c(C(=O)NOCC(C)O)c(F)c1. The number of aliphatic hydroxyl groups is 1. The average Bonchev–Trinajstić information content (AvgIpc) is 2.27. The molecule has 0 fully saturated rings. The van der Waals surface area contributed by atoms with Gasteiger partial charge in [0.05, 0.1) is 6.10 Å². The Balaban J connectivity index is 2.79. The Labute approximate surface area is 104 Å². The third-order valence-electron chi connectivity index (χ3n) is 2.23. The van der Waals surface area contributed by atoms with Gasteiger partial charge in [0, 0.05) is 0 Å². The highest BCUT2D eigenvalue weighted by atomic mass is 19.1. The molecule has 100 valence electrons. The van der Waals surface area contributed by atoms with E-state index in [1.54, 1.807) is 6.92 Å². The fourth-order valence-electron chi connectivity index (χ4n) is 1.33. The second-order valence-electron chi connectivity index (χ2n) is 3.88. The van der Waals surface area contributed by atoms with Crippen LogP contribution in [-0.2, 0) is 11.3 Å². The lowest BCUT2D eigenvalue weighted by Gasteiger charge is -2.09. The Morgan fingerprint density at radius 1 is 1.44 bits per heavy atom. The molecule has 0 aliphatic carbocycles. The van der Waals surface area contributed by atoms with Crippen LogP contribution in [0.2, 0.25) is 0 Å². The third-order valence-corrected chi connectivity index (χ3v) is 2.23. The molecular formula is C12H15F2NO3. The van der Waals surface area contributed by atoms with Gasteiger partial charge in [0.2, 0.25) is 0 Å². The molecule has 2 N–H and O–H groups in total. The largest absolute Gasteiger partial charge is 0.391 e. The molecule has 1 rings (SSSR count). The molecule has 0 saturated carbocycles. The summed E-state index contributed by atoms with van der Waals surface area (Å²) in [6, 6.07) is 2.21. The molecular weight excluding hydrogens is 244 g/mol. The van der Waals surface area contributed by atoms with E-state index in [-0.39, 0.29) is 6.61 Å². The van der Waals surface area contributed by atoms with E-state index in [4.69, 9.17) is 5.11 Å². The van der Waals surface area contributed by atoms with Crippen molar-refractivity contribution in [3.05, 3.63) is 34.9 Å². The van der Waals surface area contributed by atoms with Gasteiger partial charge >= 0.3 is 0 Å². The molecule has 4 nitrogen and oxygen atoms in total. The fourth-order valence-corrected chi connectivity index (χ4v) is 1.33. The zero-order valence-electron chi connectivity index (χ0n) is 10.2. The molecule has 0 radical (unpaired) electrons. The molecule has 1 atom stereocenters. The van der Waals surface area contributed by atoms with Crippen LogP contribution in [0.1, 0.15) is 29.8 Å². The first-order valence-corrected chi connectivity index (χ1v) is 5.53. The maximum absolute atomic E-state index is 13.5. The van der Waals surface area contributed by atoms with Crippen molar-refractivity contribution in [1.29, 1.82) is 0 Å². The fraction of sp³-hybridized carbons (Fsp3) is 0.417. The quantitative estimate of drug-likeness (QED) is 0.789. The van der Waals surface area contributed by atoms with Gasteiger partial charge in [-0.1, -0.05) is 6.92 Å². The molecule has 1 unspecified atom stereocenters. The zero-order chi connectivity index (χ0) is 13.7. The second kappa shape index (κ2) is 6.42. The van der Waals surface area contributed by atoms with E-state index < -0.39 is 29.2 Å². The Morgan fingerprint density at radius 2 is 2.00 bits per heavy atom. The number of carbonyl (C=O) groups is 1. The van der Waals surface area contributed by atoms with Crippen LogP contribution in [0.5, 0.6) is 0 Å². The van der Waals surface area contributed by atoms with E-state index >= 15 is 0 Å². The Morgan fingerprint density at radius 3 is 2.44 bits per heavy atom. The number of hydroxylamine groups is 1. The van der Waals surface area contributed by atoms with E-state index in [1.165, 1.54) is 6.92 Å². The summed E-state index contributed by atoms with van der Waals surface area (Å²) >= 11 is 0. The maximum Gasteiger partial charge on any atom is 0.280 e. The van der Waals surface area contributed by atoms with E-state index in [0.29, 0.717) is 12.0 Å². The van der Waals surface area contributed by atoms with Crippen LogP contribution in [0.25, 0.3) is 0 Å². The first-order valence-electron chi connectivity index (χ1n) is 5.53. The predicted molar refractivity (Wildman–Crippen MR) is 60.8 cm³/mol. The van der Waals surface area contributed by atoms with Crippen molar-refractivity contribution in [2.75, 3.05) is 6.61 Å². The standard InChI is InChI=1S/C12H15F2NO3/c1-3-8-4-9(13)11(10(14)5-8)12(17)15-18-6-7(2)16/h4-5,7,16H,3,6H2,1-2H3,(H,15,17). The first kappa shape index (κ1) is 14.5. The van der Waals surface area contributed by atoms with E-state index in [9.17, 15) is 13.6 Å². The lowest BCUT2D eigenvalue weighted by Crippen LogP contribution is -2.29. The van der Waals surface area contributed by atoms with Gasteiger partial charge in [0.1, 0.15) is 23.8 Å². The van der Waals surface area contributed by atoms with Crippen LogP contribution in [-0.4, -0.2) is 23.7 Å². The molecule has 0 bridgehead atoms. The number of benzene rings is 1. The van der Waals surface area contributed by atoms with Gasteiger partial charge in [-0.3, -0.25) is 9.63 Å². The third kappa shape index (κ3) is 3.75. The molecule has 6 heteroatoms. The Bertz CT molecular complexity index is 412. The van der Waals surface area contributed by atoms with Gasteiger partial charge in [0.15, 0.2) is 0 Å². The van der Waals surface area contributed by atoms with Crippen molar-refractivity contribution in [3.8, 4) is 0 Å². The van der Waals surface area contributed by atoms with Gasteiger partial charge in [-0.05, 0) is 31.0 Å². The van der Waals surface area contributed by atoms with Gasteiger partial charge < -0.3 is 5.11 Å². The topological polar surface area (TPSA) is 58.6 Å². The van der Waals surface area contributed by atoms with E-state index in [2.05, 4.69) is 4.84 Å². The van der Waals surface area contributed by atoms with E-state index in [0.717, 1.165) is 12.1 Å². The summed E-state index contributed by atoms with van der Waals surface area (Å²) in [5.74, 6) is -2.90. The van der Waals surface area contributed by atoms with Crippen molar-refractivity contribution in [2.45, 2.75) is 26.4 Å². The number of halogens is 2. The number of rotatable bonds is 5. The summed E-state index contributed by atoms with van der Waals surface area (Å²) in [6.45, 7) is 3.03. The lowest BCUT2D eigenvalue weighted by atomic mass is 10.1.